The summed E-state index contributed by atoms with van der Waals surface area (Å²) in [5, 5.41) is 2.03. The first-order valence-electron chi connectivity index (χ1n) is 8.42. The molecule has 0 radical (unpaired) electrons. The number of halogens is 3. The number of ether oxygens (including phenoxy) is 2. The molecule has 2 amide bonds. The van der Waals surface area contributed by atoms with Crippen LogP contribution in [0.1, 0.15) is 16.5 Å². The highest BCUT2D eigenvalue weighted by atomic mass is 32.2. The number of alkyl halides is 3. The third kappa shape index (κ3) is 4.14. The first-order valence-corrected chi connectivity index (χ1v) is 9.47. The predicted octanol–water partition coefficient (Wildman–Crippen LogP) is 5.00. The van der Waals surface area contributed by atoms with Crippen LogP contribution in [0.2, 0.25) is 0 Å². The molecule has 150 valence electrons. The van der Waals surface area contributed by atoms with Gasteiger partial charge >= 0.3 is 12.2 Å². The number of hydrogen-bond acceptors (Lipinski definition) is 4. The smallest absolute Gasteiger partial charge is 0.418 e. The van der Waals surface area contributed by atoms with Crippen LogP contribution >= 0.6 is 11.8 Å². The molecule has 3 rings (SSSR count). The van der Waals surface area contributed by atoms with E-state index in [9.17, 15) is 18.0 Å². The number of methoxy groups -OCH3 is 2. The van der Waals surface area contributed by atoms with Gasteiger partial charge in [-0.25, -0.2) is 4.79 Å². The van der Waals surface area contributed by atoms with Crippen LogP contribution in [0.3, 0.4) is 0 Å². The molecule has 0 aliphatic carbocycles. The lowest BCUT2D eigenvalue weighted by atomic mass is 10.1. The van der Waals surface area contributed by atoms with E-state index in [1.54, 1.807) is 18.2 Å². The normalized spacial score (nSPS) is 16.8. The maximum Gasteiger partial charge on any atom is 0.418 e. The first kappa shape index (κ1) is 20.2. The van der Waals surface area contributed by atoms with Crippen LogP contribution in [0.25, 0.3) is 0 Å². The summed E-state index contributed by atoms with van der Waals surface area (Å²) in [5.74, 6) is 1.82. The molecule has 1 aliphatic rings. The number of para-hydroxylation sites is 1. The van der Waals surface area contributed by atoms with Crippen molar-refractivity contribution in [2.45, 2.75) is 11.6 Å². The van der Waals surface area contributed by atoms with Crippen LogP contribution in [0, 0.1) is 0 Å². The van der Waals surface area contributed by atoms with Crippen molar-refractivity contribution in [3.8, 4) is 11.5 Å². The van der Waals surface area contributed by atoms with E-state index in [2.05, 4.69) is 5.32 Å². The molecular formula is C19H19F3N2O3S. The summed E-state index contributed by atoms with van der Waals surface area (Å²) in [6.07, 6.45) is -4.55. The number of thioether (sulfide) groups is 1. The van der Waals surface area contributed by atoms with E-state index >= 15 is 0 Å². The SMILES string of the molecule is COc1ccc([C@@H]2SCCN2C(=O)Nc2ccccc2C(F)(F)F)c(OC)c1. The van der Waals surface area contributed by atoms with Gasteiger partial charge in [-0.1, -0.05) is 12.1 Å². The van der Waals surface area contributed by atoms with Crippen molar-refractivity contribution in [3.63, 3.8) is 0 Å². The number of amides is 2. The molecule has 0 spiro atoms. The van der Waals surface area contributed by atoms with Crippen molar-refractivity contribution in [1.29, 1.82) is 0 Å². The summed E-state index contributed by atoms with van der Waals surface area (Å²) in [6.45, 7) is 0.407. The molecule has 2 aromatic carbocycles. The zero-order chi connectivity index (χ0) is 20.3. The standard InChI is InChI=1S/C19H19F3N2O3S/c1-26-12-7-8-13(16(11-12)27-2)17-24(9-10-28-17)18(25)23-15-6-4-3-5-14(15)19(20,21)22/h3-8,11,17H,9-10H2,1-2H3,(H,23,25)/t17-/m0/s1. The van der Waals surface area contributed by atoms with Crippen molar-refractivity contribution < 1.29 is 27.4 Å². The lowest BCUT2D eigenvalue weighted by Gasteiger charge is -2.26. The molecule has 0 saturated carbocycles. The number of hydrogen-bond donors (Lipinski definition) is 1. The van der Waals surface area contributed by atoms with Gasteiger partial charge in [-0.05, 0) is 24.3 Å². The minimum atomic E-state index is -4.55. The van der Waals surface area contributed by atoms with Gasteiger partial charge < -0.3 is 19.7 Å². The van der Waals surface area contributed by atoms with E-state index in [0.29, 0.717) is 23.8 Å². The molecule has 2 aromatic rings. The number of nitrogens with zero attached hydrogens (tertiary/aromatic N) is 1. The van der Waals surface area contributed by atoms with Gasteiger partial charge in [0.05, 0.1) is 25.5 Å². The number of carbonyl (C=O) groups excluding carboxylic acids is 1. The van der Waals surface area contributed by atoms with Crippen LogP contribution < -0.4 is 14.8 Å². The van der Waals surface area contributed by atoms with Gasteiger partial charge in [0, 0.05) is 23.9 Å². The van der Waals surface area contributed by atoms with Gasteiger partial charge in [-0.15, -0.1) is 11.8 Å². The van der Waals surface area contributed by atoms with Crippen molar-refractivity contribution >= 4 is 23.5 Å². The van der Waals surface area contributed by atoms with Crippen LogP contribution in [-0.4, -0.2) is 37.4 Å². The predicted molar refractivity (Wildman–Crippen MR) is 102 cm³/mol. The van der Waals surface area contributed by atoms with Gasteiger partial charge in [0.15, 0.2) is 0 Å². The highest BCUT2D eigenvalue weighted by Gasteiger charge is 2.36. The van der Waals surface area contributed by atoms with Gasteiger partial charge in [0.2, 0.25) is 0 Å². The van der Waals surface area contributed by atoms with E-state index in [1.165, 1.54) is 49.1 Å². The van der Waals surface area contributed by atoms with E-state index in [-0.39, 0.29) is 11.1 Å². The average Bonchev–Trinajstić information content (AvgIpc) is 3.16. The molecule has 1 aliphatic heterocycles. The van der Waals surface area contributed by atoms with Gasteiger partial charge in [-0.2, -0.15) is 13.2 Å². The molecule has 0 aromatic heterocycles. The van der Waals surface area contributed by atoms with E-state index < -0.39 is 17.8 Å². The van der Waals surface area contributed by atoms with Crippen molar-refractivity contribution in [3.05, 3.63) is 53.6 Å². The Morgan fingerprint density at radius 1 is 1.18 bits per heavy atom. The third-order valence-electron chi connectivity index (χ3n) is 4.33. The third-order valence-corrected chi connectivity index (χ3v) is 5.58. The molecule has 0 bridgehead atoms. The molecule has 1 saturated heterocycles. The quantitative estimate of drug-likeness (QED) is 0.768. The van der Waals surface area contributed by atoms with Gasteiger partial charge in [0.1, 0.15) is 16.9 Å². The highest BCUT2D eigenvalue weighted by molar-refractivity contribution is 7.99. The molecule has 1 atom stereocenters. The lowest BCUT2D eigenvalue weighted by Crippen LogP contribution is -2.35. The maximum atomic E-state index is 13.2. The summed E-state index contributed by atoms with van der Waals surface area (Å²) >= 11 is 1.52. The zero-order valence-corrected chi connectivity index (χ0v) is 16.1. The van der Waals surface area contributed by atoms with E-state index in [4.69, 9.17) is 9.47 Å². The largest absolute Gasteiger partial charge is 0.497 e. The van der Waals surface area contributed by atoms with Crippen LogP contribution in [0.15, 0.2) is 42.5 Å². The zero-order valence-electron chi connectivity index (χ0n) is 15.2. The Morgan fingerprint density at radius 3 is 2.61 bits per heavy atom. The molecule has 28 heavy (non-hydrogen) atoms. The Morgan fingerprint density at radius 2 is 1.93 bits per heavy atom. The molecule has 1 N–H and O–H groups in total. The van der Waals surface area contributed by atoms with Crippen molar-refractivity contribution in [2.75, 3.05) is 31.8 Å². The first-order chi connectivity index (χ1) is 13.3. The number of nitrogens with one attached hydrogen (secondary N) is 1. The van der Waals surface area contributed by atoms with Crippen molar-refractivity contribution in [1.82, 2.24) is 4.90 Å². The number of rotatable bonds is 4. The van der Waals surface area contributed by atoms with Crippen LogP contribution in [0.4, 0.5) is 23.7 Å². The lowest BCUT2D eigenvalue weighted by molar-refractivity contribution is -0.136. The molecular weight excluding hydrogens is 393 g/mol. The van der Waals surface area contributed by atoms with Crippen molar-refractivity contribution in [2.24, 2.45) is 0 Å². The highest BCUT2D eigenvalue weighted by Crippen LogP contribution is 2.43. The molecule has 5 nitrogen and oxygen atoms in total. The van der Waals surface area contributed by atoms with E-state index in [0.717, 1.165) is 11.6 Å². The fourth-order valence-electron chi connectivity index (χ4n) is 2.98. The summed E-state index contributed by atoms with van der Waals surface area (Å²) < 4.78 is 50.2. The van der Waals surface area contributed by atoms with Gasteiger partial charge in [-0.3, -0.25) is 0 Å². The minimum Gasteiger partial charge on any atom is -0.497 e. The monoisotopic (exact) mass is 412 g/mol. The van der Waals surface area contributed by atoms with Gasteiger partial charge in [0.25, 0.3) is 0 Å². The Hall–Kier alpha value is -2.55. The number of urea groups is 1. The molecule has 1 heterocycles. The van der Waals surface area contributed by atoms with Crippen LogP contribution in [-0.2, 0) is 6.18 Å². The second kappa shape index (κ2) is 8.22. The Labute approximate surface area is 164 Å². The Bertz CT molecular complexity index is 861. The fraction of sp³-hybridized carbons (Fsp3) is 0.316. The Balaban J connectivity index is 1.85. The summed E-state index contributed by atoms with van der Waals surface area (Å²) in [7, 11) is 3.05. The maximum absolute atomic E-state index is 13.2. The fourth-order valence-corrected chi connectivity index (χ4v) is 4.27. The summed E-state index contributed by atoms with van der Waals surface area (Å²) in [4.78, 5) is 14.3. The minimum absolute atomic E-state index is 0.266. The topological polar surface area (TPSA) is 50.8 Å². The molecule has 0 unspecified atom stereocenters. The Kier molecular flexibility index (Phi) is 5.93. The molecule has 1 fully saturated rings. The van der Waals surface area contributed by atoms with Crippen LogP contribution in [0.5, 0.6) is 11.5 Å². The average molecular weight is 412 g/mol. The van der Waals surface area contributed by atoms with E-state index in [1.807, 2.05) is 0 Å². The molecule has 9 heteroatoms. The summed E-state index contributed by atoms with van der Waals surface area (Å²) in [6, 6.07) is 9.60. The number of anilines is 1. The second-order valence-electron chi connectivity index (χ2n) is 6.00. The number of benzene rings is 2. The second-order valence-corrected chi connectivity index (χ2v) is 7.19. The summed E-state index contributed by atoms with van der Waals surface area (Å²) in [5.41, 5.74) is -0.392. The number of carbonyl (C=O) groups is 1.